The Labute approximate surface area is 239 Å². The lowest BCUT2D eigenvalue weighted by Crippen LogP contribution is -2.24. The van der Waals surface area contributed by atoms with Gasteiger partial charge in [-0.3, -0.25) is 10.1 Å². The second-order valence-electron chi connectivity index (χ2n) is 8.44. The zero-order valence-electron chi connectivity index (χ0n) is 21.8. The summed E-state index contributed by atoms with van der Waals surface area (Å²) in [6, 6.07) is 9.47. The fraction of sp³-hybridized carbons (Fsp3) is 0.320. The molecule has 0 aliphatic heterocycles. The van der Waals surface area contributed by atoms with Crippen LogP contribution in [0.15, 0.2) is 58.0 Å². The Bertz CT molecular complexity index is 1560. The largest absolute Gasteiger partial charge is 0.395 e. The Hall–Kier alpha value is -3.50. The van der Waals surface area contributed by atoms with Crippen molar-refractivity contribution in [3.8, 4) is 0 Å². The maximum Gasteiger partial charge on any atom is 0.280 e. The van der Waals surface area contributed by atoms with E-state index in [4.69, 9.17) is 9.57 Å². The predicted octanol–water partition coefficient (Wildman–Crippen LogP) is 2.95. The summed E-state index contributed by atoms with van der Waals surface area (Å²) in [6.45, 7) is 0.824. The van der Waals surface area contributed by atoms with Gasteiger partial charge in [0.15, 0.2) is 27.3 Å². The smallest absolute Gasteiger partial charge is 0.280 e. The predicted molar refractivity (Wildman–Crippen MR) is 155 cm³/mol. The molecule has 0 unspecified atom stereocenters. The number of sulfone groups is 1. The average molecular weight is 605 g/mol. The van der Waals surface area contributed by atoms with Crippen molar-refractivity contribution < 1.29 is 27.9 Å². The Kier molecular flexibility index (Phi) is 10.1. The number of likely N-dealkylation sites (N-methyl/N-ethyl adjacent to an activating group) is 1. The van der Waals surface area contributed by atoms with Gasteiger partial charge in [0.25, 0.3) is 5.91 Å². The first kappa shape index (κ1) is 29.5. The van der Waals surface area contributed by atoms with Crippen LogP contribution >= 0.6 is 22.7 Å². The van der Waals surface area contributed by atoms with E-state index >= 15 is 0 Å². The van der Waals surface area contributed by atoms with Crippen molar-refractivity contribution in [2.75, 3.05) is 49.9 Å². The van der Waals surface area contributed by atoms with E-state index in [0.29, 0.717) is 51.4 Å². The van der Waals surface area contributed by atoms with Crippen LogP contribution in [0.5, 0.6) is 0 Å². The number of nitrogens with zero attached hydrogens (tertiary/aromatic N) is 5. The third-order valence-electron chi connectivity index (χ3n) is 5.58. The molecule has 0 saturated heterocycles. The Balaban J connectivity index is 1.56. The third-order valence-corrected chi connectivity index (χ3v) is 9.03. The van der Waals surface area contributed by atoms with Gasteiger partial charge in [0, 0.05) is 44.4 Å². The number of pyridine rings is 1. The molecule has 0 atom stereocenters. The van der Waals surface area contributed by atoms with E-state index in [1.54, 1.807) is 23.7 Å². The van der Waals surface area contributed by atoms with Crippen molar-refractivity contribution in [2.24, 2.45) is 5.16 Å². The number of hydrogen-bond donors (Lipinski definition) is 2. The third kappa shape index (κ3) is 7.57. The van der Waals surface area contributed by atoms with E-state index in [2.05, 4.69) is 25.4 Å². The van der Waals surface area contributed by atoms with Gasteiger partial charge >= 0.3 is 0 Å². The highest BCUT2D eigenvalue weighted by molar-refractivity contribution is 7.91. The fourth-order valence-corrected chi connectivity index (χ4v) is 6.16. The molecule has 0 saturated carbocycles. The van der Waals surface area contributed by atoms with E-state index in [0.717, 1.165) is 0 Å². The summed E-state index contributed by atoms with van der Waals surface area (Å²) in [6.07, 6.45) is 2.01. The van der Waals surface area contributed by atoms with Gasteiger partial charge in [-0.05, 0) is 30.7 Å². The molecule has 1 aromatic carbocycles. The Morgan fingerprint density at radius 3 is 2.67 bits per heavy atom. The molecule has 3 aromatic heterocycles. The first-order chi connectivity index (χ1) is 19.3. The van der Waals surface area contributed by atoms with Gasteiger partial charge in [-0.2, -0.15) is 0 Å². The van der Waals surface area contributed by atoms with E-state index in [1.807, 2.05) is 11.9 Å². The molecule has 0 bridgehead atoms. The van der Waals surface area contributed by atoms with E-state index < -0.39 is 15.7 Å². The monoisotopic (exact) mass is 604 g/mol. The number of aliphatic hydroxyl groups is 1. The molecule has 4 aromatic rings. The summed E-state index contributed by atoms with van der Waals surface area (Å²) in [5, 5.41) is 18.8. The van der Waals surface area contributed by atoms with Gasteiger partial charge < -0.3 is 19.6 Å². The number of aromatic nitrogens is 3. The van der Waals surface area contributed by atoms with Crippen molar-refractivity contribution in [3.05, 3.63) is 58.5 Å². The van der Waals surface area contributed by atoms with E-state index in [9.17, 15) is 18.3 Å². The van der Waals surface area contributed by atoms with Gasteiger partial charge in [-0.15, -0.1) is 11.3 Å². The highest BCUT2D eigenvalue weighted by Crippen LogP contribution is 2.27. The quantitative estimate of drug-likeness (QED) is 0.125. The average Bonchev–Trinajstić information content (AvgIpc) is 3.60. The van der Waals surface area contributed by atoms with Crippen LogP contribution in [0.4, 0.5) is 10.9 Å². The summed E-state index contributed by atoms with van der Waals surface area (Å²) >= 11 is 2.58. The number of benzene rings is 1. The van der Waals surface area contributed by atoms with Gasteiger partial charge in [-0.1, -0.05) is 28.6 Å². The zero-order chi connectivity index (χ0) is 28.5. The lowest BCUT2D eigenvalue weighted by atomic mass is 10.1. The molecule has 1 amide bonds. The highest BCUT2D eigenvalue weighted by Gasteiger charge is 2.20. The number of ether oxygens (including phenoxy) is 1. The molecule has 0 fully saturated rings. The van der Waals surface area contributed by atoms with Crippen LogP contribution < -0.4 is 10.2 Å². The second kappa shape index (κ2) is 13.7. The van der Waals surface area contributed by atoms with Crippen molar-refractivity contribution in [2.45, 2.75) is 17.9 Å². The fourth-order valence-electron chi connectivity index (χ4n) is 3.53. The summed E-state index contributed by atoms with van der Waals surface area (Å²) in [7, 11) is -0.174. The van der Waals surface area contributed by atoms with Crippen molar-refractivity contribution >= 4 is 65.4 Å². The van der Waals surface area contributed by atoms with E-state index in [1.165, 1.54) is 54.0 Å². The van der Waals surface area contributed by atoms with Crippen LogP contribution in [0.2, 0.25) is 0 Å². The van der Waals surface area contributed by atoms with Gasteiger partial charge in [0.05, 0.1) is 17.3 Å². The number of hydrogen-bond acceptors (Lipinski definition) is 13. The number of nitrogens with one attached hydrogen (secondary N) is 1. The molecule has 12 nitrogen and oxygen atoms in total. The lowest BCUT2D eigenvalue weighted by Gasteiger charge is -2.15. The number of anilines is 2. The molecule has 0 aliphatic carbocycles. The first-order valence-corrected chi connectivity index (χ1v) is 15.5. The number of aliphatic hydroxyl groups excluding tert-OH is 1. The van der Waals surface area contributed by atoms with Gasteiger partial charge in [-0.25, -0.2) is 23.4 Å². The standard InChI is InChI=1S/C25H28N6O6S3/c1-31(11-12-32)20-9-8-19-24(28-20)39-25(27-19)29-23(33)22(30-37-16-21-26-10-14-38-21)17-4-6-18(7-5-17)40(34,35)15-3-13-36-2/h4-10,14,32H,3,11-13,15-16H2,1-2H3,(H,27,29,33)/b30-22+. The molecule has 2 N–H and O–H groups in total. The molecule has 4 rings (SSSR count). The number of thiazole rings is 2. The van der Waals surface area contributed by atoms with Gasteiger partial charge in [0.1, 0.15) is 21.2 Å². The SMILES string of the molecule is COCCCS(=O)(=O)c1ccc(/C(=N\OCc2nccs2)C(=O)Nc2nc3ccc(N(C)CCO)nc3s2)cc1. The molecule has 0 spiro atoms. The molecular weight excluding hydrogens is 577 g/mol. The minimum absolute atomic E-state index is 0.00628. The summed E-state index contributed by atoms with van der Waals surface area (Å²) in [5.74, 6) is 0.0199. The van der Waals surface area contributed by atoms with Crippen molar-refractivity contribution in [1.82, 2.24) is 15.0 Å². The van der Waals surface area contributed by atoms with Gasteiger partial charge in [0.2, 0.25) is 0 Å². The Morgan fingerprint density at radius 1 is 1.18 bits per heavy atom. The first-order valence-electron chi connectivity index (χ1n) is 12.1. The summed E-state index contributed by atoms with van der Waals surface area (Å²) < 4.78 is 30.2. The highest BCUT2D eigenvalue weighted by atomic mass is 32.2. The molecule has 212 valence electrons. The number of rotatable bonds is 14. The molecule has 3 heterocycles. The minimum atomic E-state index is -3.51. The van der Waals surface area contributed by atoms with Crippen LogP contribution in [0.1, 0.15) is 17.0 Å². The molecule has 0 aliphatic rings. The molecule has 40 heavy (non-hydrogen) atoms. The van der Waals surface area contributed by atoms with Crippen LogP contribution in [0.25, 0.3) is 10.3 Å². The summed E-state index contributed by atoms with van der Waals surface area (Å²) in [4.78, 5) is 34.5. The lowest BCUT2D eigenvalue weighted by molar-refractivity contribution is -0.110. The molecule has 15 heteroatoms. The number of carbonyl (C=O) groups excluding carboxylic acids is 1. The number of carbonyl (C=O) groups is 1. The maximum absolute atomic E-state index is 13.3. The summed E-state index contributed by atoms with van der Waals surface area (Å²) in [5.41, 5.74) is 0.901. The van der Waals surface area contributed by atoms with Crippen molar-refractivity contribution in [3.63, 3.8) is 0 Å². The Morgan fingerprint density at radius 2 is 1.98 bits per heavy atom. The minimum Gasteiger partial charge on any atom is -0.395 e. The van der Waals surface area contributed by atoms with Crippen LogP contribution in [0.3, 0.4) is 0 Å². The normalized spacial score (nSPS) is 12.0. The van der Waals surface area contributed by atoms with Crippen LogP contribution in [0, 0.1) is 0 Å². The topological polar surface area (TPSA) is 156 Å². The van der Waals surface area contributed by atoms with Crippen LogP contribution in [-0.4, -0.2) is 79.8 Å². The second-order valence-corrected chi connectivity index (χ2v) is 12.5. The molecular formula is C25H28N6O6S3. The maximum atomic E-state index is 13.3. The zero-order valence-corrected chi connectivity index (χ0v) is 24.3. The van der Waals surface area contributed by atoms with Crippen LogP contribution in [-0.2, 0) is 30.8 Å². The number of methoxy groups -OCH3 is 1. The molecule has 0 radical (unpaired) electrons. The number of oxime groups is 1. The van der Waals surface area contributed by atoms with E-state index in [-0.39, 0.29) is 29.6 Å². The van der Waals surface area contributed by atoms with Crippen molar-refractivity contribution in [1.29, 1.82) is 0 Å². The number of amides is 1. The number of fused-ring (bicyclic) bond motifs is 1.